The summed E-state index contributed by atoms with van der Waals surface area (Å²) in [5.74, 6) is 0. The van der Waals surface area contributed by atoms with Crippen molar-refractivity contribution in [3.63, 3.8) is 0 Å². The number of rotatable bonds is 3. The maximum atomic E-state index is 8.94. The number of aromatic nitrogens is 1. The van der Waals surface area contributed by atoms with Crippen LogP contribution in [-0.2, 0) is 0 Å². The first-order chi connectivity index (χ1) is 7.62. The molecule has 0 fully saturated rings. The van der Waals surface area contributed by atoms with E-state index in [2.05, 4.69) is 22.4 Å². The second-order valence-electron chi connectivity index (χ2n) is 4.60. The second kappa shape index (κ2) is 3.90. The lowest BCUT2D eigenvalue weighted by atomic mass is 9.96. The number of anilines is 1. The summed E-state index contributed by atoms with van der Waals surface area (Å²) in [4.78, 5) is 3.20. The van der Waals surface area contributed by atoms with Gasteiger partial charge >= 0.3 is 0 Å². The van der Waals surface area contributed by atoms with E-state index in [0.717, 1.165) is 16.6 Å². The van der Waals surface area contributed by atoms with Crippen LogP contribution in [0.1, 0.15) is 13.8 Å². The molecule has 0 aliphatic carbocycles. The standard InChI is InChI=1S/C13H15N3/c1-13(2,8-14)9-16-12-7-15-11-6-4-3-5-10(11)12/h3-7,15-16H,9H2,1-2H3. The number of fused-ring (bicyclic) bond motifs is 1. The van der Waals surface area contributed by atoms with E-state index >= 15 is 0 Å². The van der Waals surface area contributed by atoms with Crippen molar-refractivity contribution in [1.82, 2.24) is 4.98 Å². The van der Waals surface area contributed by atoms with Crippen LogP contribution in [0.2, 0.25) is 0 Å². The lowest BCUT2D eigenvalue weighted by Crippen LogP contribution is -2.20. The number of nitrogens with one attached hydrogen (secondary N) is 2. The van der Waals surface area contributed by atoms with Crippen molar-refractivity contribution in [2.75, 3.05) is 11.9 Å². The van der Waals surface area contributed by atoms with E-state index in [0.29, 0.717) is 6.54 Å². The molecule has 2 rings (SSSR count). The zero-order valence-corrected chi connectivity index (χ0v) is 9.54. The zero-order chi connectivity index (χ0) is 11.6. The summed E-state index contributed by atoms with van der Waals surface area (Å²) < 4.78 is 0. The number of nitrogens with zero attached hydrogens (tertiary/aromatic N) is 1. The largest absolute Gasteiger partial charge is 0.382 e. The molecule has 0 unspecified atom stereocenters. The van der Waals surface area contributed by atoms with Gasteiger partial charge in [0.15, 0.2) is 0 Å². The maximum Gasteiger partial charge on any atom is 0.0702 e. The quantitative estimate of drug-likeness (QED) is 0.823. The molecule has 0 atom stereocenters. The van der Waals surface area contributed by atoms with Gasteiger partial charge in [-0.1, -0.05) is 18.2 Å². The van der Waals surface area contributed by atoms with Gasteiger partial charge in [-0.2, -0.15) is 5.26 Å². The zero-order valence-electron chi connectivity index (χ0n) is 9.54. The Morgan fingerprint density at radius 1 is 1.38 bits per heavy atom. The molecule has 82 valence electrons. The summed E-state index contributed by atoms with van der Waals surface area (Å²) in [7, 11) is 0. The molecular formula is C13H15N3. The molecule has 3 nitrogen and oxygen atoms in total. The van der Waals surface area contributed by atoms with Crippen molar-refractivity contribution >= 4 is 16.6 Å². The summed E-state index contributed by atoms with van der Waals surface area (Å²) in [6.07, 6.45) is 1.94. The highest BCUT2D eigenvalue weighted by atomic mass is 14.9. The Balaban J connectivity index is 2.20. The van der Waals surface area contributed by atoms with Crippen molar-refractivity contribution in [2.45, 2.75) is 13.8 Å². The third-order valence-electron chi connectivity index (χ3n) is 2.61. The third-order valence-corrected chi connectivity index (χ3v) is 2.61. The number of para-hydroxylation sites is 1. The molecule has 2 N–H and O–H groups in total. The molecule has 2 aromatic rings. The predicted molar refractivity (Wildman–Crippen MR) is 66.2 cm³/mol. The minimum Gasteiger partial charge on any atom is -0.382 e. The van der Waals surface area contributed by atoms with Gasteiger partial charge in [0.25, 0.3) is 0 Å². The number of aromatic amines is 1. The molecule has 1 aromatic carbocycles. The van der Waals surface area contributed by atoms with E-state index in [9.17, 15) is 0 Å². The van der Waals surface area contributed by atoms with Gasteiger partial charge in [-0.05, 0) is 19.9 Å². The monoisotopic (exact) mass is 213 g/mol. The van der Waals surface area contributed by atoms with Gasteiger partial charge in [-0.25, -0.2) is 0 Å². The molecule has 3 heteroatoms. The topological polar surface area (TPSA) is 51.6 Å². The van der Waals surface area contributed by atoms with E-state index in [1.807, 2.05) is 38.2 Å². The van der Waals surface area contributed by atoms with Gasteiger partial charge in [0.1, 0.15) is 0 Å². The minimum atomic E-state index is -0.349. The minimum absolute atomic E-state index is 0.349. The van der Waals surface area contributed by atoms with Crippen LogP contribution in [-0.4, -0.2) is 11.5 Å². The fourth-order valence-corrected chi connectivity index (χ4v) is 1.57. The van der Waals surface area contributed by atoms with Crippen molar-refractivity contribution in [3.8, 4) is 6.07 Å². The first kappa shape index (κ1) is 10.6. The second-order valence-corrected chi connectivity index (χ2v) is 4.60. The number of hydrogen-bond donors (Lipinski definition) is 2. The van der Waals surface area contributed by atoms with E-state index in [4.69, 9.17) is 5.26 Å². The molecule has 0 bridgehead atoms. The van der Waals surface area contributed by atoms with Crippen molar-refractivity contribution in [1.29, 1.82) is 5.26 Å². The summed E-state index contributed by atoms with van der Waals surface area (Å²) in [5, 5.41) is 13.4. The number of benzene rings is 1. The molecule has 0 saturated heterocycles. The van der Waals surface area contributed by atoms with Gasteiger partial charge in [0.05, 0.1) is 17.2 Å². The molecular weight excluding hydrogens is 198 g/mol. The van der Waals surface area contributed by atoms with Crippen molar-refractivity contribution < 1.29 is 0 Å². The number of H-pyrrole nitrogens is 1. The maximum absolute atomic E-state index is 8.94. The molecule has 1 aromatic heterocycles. The molecule has 0 aliphatic rings. The highest BCUT2D eigenvalue weighted by Gasteiger charge is 2.16. The van der Waals surface area contributed by atoms with Crippen LogP contribution < -0.4 is 5.32 Å². The summed E-state index contributed by atoms with van der Waals surface area (Å²) >= 11 is 0. The Kier molecular flexibility index (Phi) is 2.57. The third kappa shape index (κ3) is 2.01. The summed E-state index contributed by atoms with van der Waals surface area (Å²) in [6.45, 7) is 4.50. The van der Waals surface area contributed by atoms with Crippen molar-refractivity contribution in [2.24, 2.45) is 5.41 Å². The van der Waals surface area contributed by atoms with E-state index in [1.165, 1.54) is 0 Å². The van der Waals surface area contributed by atoms with Gasteiger partial charge in [0, 0.05) is 23.6 Å². The molecule has 0 aliphatic heterocycles. The Labute approximate surface area is 95.1 Å². The van der Waals surface area contributed by atoms with Crippen LogP contribution in [0.15, 0.2) is 30.5 Å². The lowest BCUT2D eigenvalue weighted by Gasteiger charge is -2.16. The average Bonchev–Trinajstić information content (AvgIpc) is 2.70. The highest BCUT2D eigenvalue weighted by Crippen LogP contribution is 2.24. The Bertz CT molecular complexity index is 531. The van der Waals surface area contributed by atoms with Gasteiger partial charge in [-0.15, -0.1) is 0 Å². The molecule has 1 heterocycles. The first-order valence-corrected chi connectivity index (χ1v) is 5.34. The fourth-order valence-electron chi connectivity index (χ4n) is 1.57. The Hall–Kier alpha value is -1.95. The number of hydrogen-bond acceptors (Lipinski definition) is 2. The van der Waals surface area contributed by atoms with Crippen LogP contribution in [0.5, 0.6) is 0 Å². The fraction of sp³-hybridized carbons (Fsp3) is 0.308. The highest BCUT2D eigenvalue weighted by molar-refractivity contribution is 5.92. The number of nitriles is 1. The van der Waals surface area contributed by atoms with E-state index < -0.39 is 0 Å². The van der Waals surface area contributed by atoms with Crippen LogP contribution >= 0.6 is 0 Å². The van der Waals surface area contributed by atoms with Crippen LogP contribution in [0.3, 0.4) is 0 Å². The summed E-state index contributed by atoms with van der Waals surface area (Å²) in [5.41, 5.74) is 1.82. The van der Waals surface area contributed by atoms with Crippen LogP contribution in [0, 0.1) is 16.7 Å². The van der Waals surface area contributed by atoms with Gasteiger partial charge < -0.3 is 10.3 Å². The first-order valence-electron chi connectivity index (χ1n) is 5.34. The van der Waals surface area contributed by atoms with E-state index in [-0.39, 0.29) is 5.41 Å². The van der Waals surface area contributed by atoms with E-state index in [1.54, 1.807) is 0 Å². The molecule has 0 radical (unpaired) electrons. The average molecular weight is 213 g/mol. The summed E-state index contributed by atoms with van der Waals surface area (Å²) in [6, 6.07) is 10.4. The molecule has 0 amide bonds. The van der Waals surface area contributed by atoms with Gasteiger partial charge in [0.2, 0.25) is 0 Å². The van der Waals surface area contributed by atoms with Crippen LogP contribution in [0.25, 0.3) is 10.9 Å². The molecule has 0 saturated carbocycles. The SMILES string of the molecule is CC(C)(C#N)CNc1c[nH]c2ccccc12. The molecule has 16 heavy (non-hydrogen) atoms. The van der Waals surface area contributed by atoms with Crippen LogP contribution in [0.4, 0.5) is 5.69 Å². The Morgan fingerprint density at radius 2 is 2.12 bits per heavy atom. The normalized spacial score (nSPS) is 11.3. The molecule has 0 spiro atoms. The lowest BCUT2D eigenvalue weighted by molar-refractivity contribution is 0.529. The predicted octanol–water partition coefficient (Wildman–Crippen LogP) is 3.13. The van der Waals surface area contributed by atoms with Crippen molar-refractivity contribution in [3.05, 3.63) is 30.5 Å². The van der Waals surface area contributed by atoms with Gasteiger partial charge in [-0.3, -0.25) is 0 Å². The Morgan fingerprint density at radius 3 is 2.88 bits per heavy atom. The smallest absolute Gasteiger partial charge is 0.0702 e.